The minimum absolute atomic E-state index is 0.134. The van der Waals surface area contributed by atoms with Crippen molar-refractivity contribution in [2.45, 2.75) is 38.6 Å². The molecule has 4 heteroatoms. The molecule has 0 spiro atoms. The molecule has 1 heterocycles. The summed E-state index contributed by atoms with van der Waals surface area (Å²) in [6.45, 7) is 2.13. The van der Waals surface area contributed by atoms with Crippen LogP contribution in [-0.4, -0.2) is 15.6 Å². The lowest BCUT2D eigenvalue weighted by atomic mass is 9.85. The summed E-state index contributed by atoms with van der Waals surface area (Å²) in [4.78, 5) is 23.0. The van der Waals surface area contributed by atoms with Gasteiger partial charge in [0, 0.05) is 12.2 Å². The van der Waals surface area contributed by atoms with Gasteiger partial charge in [-0.25, -0.2) is 4.79 Å². The highest BCUT2D eigenvalue weighted by atomic mass is 16.4. The quantitative estimate of drug-likeness (QED) is 0.855. The Morgan fingerprint density at radius 1 is 1.41 bits per heavy atom. The molecule has 0 bridgehead atoms. The minimum atomic E-state index is -1.15. The Labute approximate surface area is 99.9 Å². The molecule has 0 amide bonds. The van der Waals surface area contributed by atoms with Crippen LogP contribution in [0.15, 0.2) is 23.1 Å². The molecule has 4 nitrogen and oxygen atoms in total. The van der Waals surface area contributed by atoms with E-state index in [2.05, 4.69) is 6.92 Å². The average molecular weight is 235 g/mol. The molecule has 0 radical (unpaired) electrons. The Hall–Kier alpha value is -1.58. The Morgan fingerprint density at radius 3 is 2.76 bits per heavy atom. The average Bonchev–Trinajstić information content (AvgIpc) is 2.30. The number of carbonyl (C=O) groups is 1. The molecular weight excluding hydrogens is 218 g/mol. The van der Waals surface area contributed by atoms with Gasteiger partial charge in [0.05, 0.1) is 0 Å². The van der Waals surface area contributed by atoms with Crippen LogP contribution in [0.1, 0.15) is 49.0 Å². The third kappa shape index (κ3) is 2.25. The van der Waals surface area contributed by atoms with E-state index in [1.807, 2.05) is 0 Å². The summed E-state index contributed by atoms with van der Waals surface area (Å²) in [5, 5.41) is 8.94. The molecule has 2 rings (SSSR count). The van der Waals surface area contributed by atoms with Crippen molar-refractivity contribution in [2.75, 3.05) is 0 Å². The maximum absolute atomic E-state index is 12.0. The number of hydrogen-bond acceptors (Lipinski definition) is 2. The number of carboxylic acids is 1. The zero-order chi connectivity index (χ0) is 12.4. The van der Waals surface area contributed by atoms with Crippen molar-refractivity contribution >= 4 is 5.97 Å². The highest BCUT2D eigenvalue weighted by molar-refractivity contribution is 5.86. The molecular formula is C13H17NO3. The van der Waals surface area contributed by atoms with Gasteiger partial charge in [-0.05, 0) is 30.9 Å². The van der Waals surface area contributed by atoms with Gasteiger partial charge in [-0.3, -0.25) is 4.79 Å². The van der Waals surface area contributed by atoms with Crippen molar-refractivity contribution in [3.8, 4) is 0 Å². The third-order valence-electron chi connectivity index (χ3n) is 3.63. The van der Waals surface area contributed by atoms with Crippen molar-refractivity contribution in [2.24, 2.45) is 5.92 Å². The zero-order valence-corrected chi connectivity index (χ0v) is 9.93. The molecule has 17 heavy (non-hydrogen) atoms. The number of aromatic nitrogens is 1. The van der Waals surface area contributed by atoms with E-state index in [0.29, 0.717) is 5.92 Å². The molecule has 1 aliphatic carbocycles. The zero-order valence-electron chi connectivity index (χ0n) is 9.93. The second kappa shape index (κ2) is 4.73. The summed E-state index contributed by atoms with van der Waals surface area (Å²) >= 11 is 0. The number of nitrogens with zero attached hydrogens (tertiary/aromatic N) is 1. The van der Waals surface area contributed by atoms with Crippen LogP contribution >= 0.6 is 0 Å². The lowest BCUT2D eigenvalue weighted by Gasteiger charge is -2.30. The van der Waals surface area contributed by atoms with Crippen LogP contribution in [0.3, 0.4) is 0 Å². The van der Waals surface area contributed by atoms with Crippen molar-refractivity contribution in [1.29, 1.82) is 0 Å². The normalized spacial score (nSPS) is 24.5. The van der Waals surface area contributed by atoms with Crippen LogP contribution in [0.4, 0.5) is 0 Å². The molecule has 1 N–H and O–H groups in total. The first-order valence-corrected chi connectivity index (χ1v) is 6.05. The van der Waals surface area contributed by atoms with Gasteiger partial charge in [-0.15, -0.1) is 0 Å². The molecule has 1 aromatic heterocycles. The van der Waals surface area contributed by atoms with Gasteiger partial charge in [0.15, 0.2) is 0 Å². The Balaban J connectivity index is 2.41. The second-order valence-corrected chi connectivity index (χ2v) is 4.77. The molecule has 1 aromatic rings. The summed E-state index contributed by atoms with van der Waals surface area (Å²) in [6, 6.07) is 3.16. The predicted molar refractivity (Wildman–Crippen MR) is 64.3 cm³/mol. The lowest BCUT2D eigenvalue weighted by molar-refractivity contribution is 0.0693. The number of rotatable bonds is 2. The van der Waals surface area contributed by atoms with Crippen LogP contribution in [0.2, 0.25) is 0 Å². The van der Waals surface area contributed by atoms with E-state index in [4.69, 9.17) is 5.11 Å². The second-order valence-electron chi connectivity index (χ2n) is 4.77. The Morgan fingerprint density at radius 2 is 2.12 bits per heavy atom. The molecule has 1 saturated carbocycles. The van der Waals surface area contributed by atoms with Crippen LogP contribution < -0.4 is 5.56 Å². The van der Waals surface area contributed by atoms with E-state index < -0.39 is 5.97 Å². The van der Waals surface area contributed by atoms with E-state index in [1.54, 1.807) is 16.8 Å². The SMILES string of the molecule is CC1CCCCC1n1cccc(C(=O)O)c1=O. The molecule has 0 aliphatic heterocycles. The topological polar surface area (TPSA) is 59.3 Å². The van der Waals surface area contributed by atoms with Gasteiger partial charge in [-0.2, -0.15) is 0 Å². The van der Waals surface area contributed by atoms with Gasteiger partial charge in [0.25, 0.3) is 5.56 Å². The first kappa shape index (κ1) is 11.9. The maximum Gasteiger partial charge on any atom is 0.341 e. The van der Waals surface area contributed by atoms with Crippen LogP contribution in [0.25, 0.3) is 0 Å². The predicted octanol–water partition coefficient (Wildman–Crippen LogP) is 2.30. The molecule has 92 valence electrons. The highest BCUT2D eigenvalue weighted by Gasteiger charge is 2.24. The third-order valence-corrected chi connectivity index (χ3v) is 3.63. The van der Waals surface area contributed by atoms with Crippen molar-refractivity contribution in [1.82, 2.24) is 4.57 Å². The highest BCUT2D eigenvalue weighted by Crippen LogP contribution is 2.32. The molecule has 1 fully saturated rings. The van der Waals surface area contributed by atoms with E-state index in [1.165, 1.54) is 12.5 Å². The summed E-state index contributed by atoms with van der Waals surface area (Å²) < 4.78 is 1.60. The van der Waals surface area contributed by atoms with Gasteiger partial charge in [-0.1, -0.05) is 19.8 Å². The number of aromatic carboxylic acids is 1. The summed E-state index contributed by atoms with van der Waals surface area (Å²) in [5.74, 6) is -0.710. The van der Waals surface area contributed by atoms with Crippen LogP contribution in [0, 0.1) is 5.92 Å². The summed E-state index contributed by atoms with van der Waals surface area (Å²) in [5.41, 5.74) is -0.510. The first-order chi connectivity index (χ1) is 8.11. The van der Waals surface area contributed by atoms with E-state index >= 15 is 0 Å². The largest absolute Gasteiger partial charge is 0.477 e. The maximum atomic E-state index is 12.0. The van der Waals surface area contributed by atoms with E-state index in [-0.39, 0.29) is 17.2 Å². The number of pyridine rings is 1. The van der Waals surface area contributed by atoms with Gasteiger partial charge < -0.3 is 9.67 Å². The molecule has 0 saturated heterocycles. The molecule has 2 unspecified atom stereocenters. The fourth-order valence-electron chi connectivity index (χ4n) is 2.64. The van der Waals surface area contributed by atoms with Crippen molar-refractivity contribution < 1.29 is 9.90 Å². The Kier molecular flexibility index (Phi) is 3.31. The van der Waals surface area contributed by atoms with E-state index in [9.17, 15) is 9.59 Å². The van der Waals surface area contributed by atoms with Crippen LogP contribution in [-0.2, 0) is 0 Å². The molecule has 0 aromatic carbocycles. The van der Waals surface area contributed by atoms with Crippen molar-refractivity contribution in [3.63, 3.8) is 0 Å². The fraction of sp³-hybridized carbons (Fsp3) is 0.538. The number of hydrogen-bond donors (Lipinski definition) is 1. The first-order valence-electron chi connectivity index (χ1n) is 6.05. The van der Waals surface area contributed by atoms with Crippen molar-refractivity contribution in [3.05, 3.63) is 34.2 Å². The van der Waals surface area contributed by atoms with Gasteiger partial charge in [0.2, 0.25) is 0 Å². The molecule has 2 atom stereocenters. The monoisotopic (exact) mass is 235 g/mol. The summed E-state index contributed by atoms with van der Waals surface area (Å²) in [6.07, 6.45) is 6.09. The summed E-state index contributed by atoms with van der Waals surface area (Å²) in [7, 11) is 0. The fourth-order valence-corrected chi connectivity index (χ4v) is 2.64. The van der Waals surface area contributed by atoms with Crippen LogP contribution in [0.5, 0.6) is 0 Å². The lowest BCUT2D eigenvalue weighted by Crippen LogP contribution is -2.33. The van der Waals surface area contributed by atoms with E-state index in [0.717, 1.165) is 19.3 Å². The standard InChI is InChI=1S/C13H17NO3/c1-9-5-2-3-7-11(9)14-8-4-6-10(12(14)15)13(16)17/h4,6,8-9,11H,2-3,5,7H2,1H3,(H,16,17). The Bertz CT molecular complexity index is 478. The smallest absolute Gasteiger partial charge is 0.341 e. The van der Waals surface area contributed by atoms with Gasteiger partial charge in [0.1, 0.15) is 5.56 Å². The molecule has 1 aliphatic rings. The van der Waals surface area contributed by atoms with Gasteiger partial charge >= 0.3 is 5.97 Å². The number of carboxylic acid groups (broad SMARTS) is 1. The minimum Gasteiger partial charge on any atom is -0.477 e.